The van der Waals surface area contributed by atoms with E-state index < -0.39 is 0 Å². The van der Waals surface area contributed by atoms with Crippen LogP contribution in [0.5, 0.6) is 0 Å². The Morgan fingerprint density at radius 1 is 1.37 bits per heavy atom. The molecule has 1 unspecified atom stereocenters. The maximum Gasteiger partial charge on any atom is 0.147 e. The SMILES string of the molecule is CCCC(C(N)=S)N1CCN(c2cnccn2)CC1. The van der Waals surface area contributed by atoms with Gasteiger partial charge in [-0.2, -0.15) is 0 Å². The summed E-state index contributed by atoms with van der Waals surface area (Å²) in [5.74, 6) is 0.949. The van der Waals surface area contributed by atoms with Gasteiger partial charge in [0.25, 0.3) is 0 Å². The lowest BCUT2D eigenvalue weighted by Gasteiger charge is -2.39. The number of piperazine rings is 1. The minimum absolute atomic E-state index is 0.240. The van der Waals surface area contributed by atoms with E-state index in [9.17, 15) is 0 Å². The number of rotatable bonds is 5. The normalized spacial score (nSPS) is 18.3. The van der Waals surface area contributed by atoms with Gasteiger partial charge in [-0.3, -0.25) is 9.88 Å². The van der Waals surface area contributed by atoms with Gasteiger partial charge in [0.1, 0.15) is 5.82 Å². The largest absolute Gasteiger partial charge is 0.392 e. The van der Waals surface area contributed by atoms with Crippen molar-refractivity contribution in [2.45, 2.75) is 25.8 Å². The molecule has 0 bridgehead atoms. The second-order valence-electron chi connectivity index (χ2n) is 4.79. The molecule has 0 aromatic carbocycles. The van der Waals surface area contributed by atoms with Crippen LogP contribution in [0, 0.1) is 0 Å². The van der Waals surface area contributed by atoms with Crippen LogP contribution in [0.1, 0.15) is 19.8 Å². The number of nitrogens with zero attached hydrogens (tertiary/aromatic N) is 4. The summed E-state index contributed by atoms with van der Waals surface area (Å²) in [6.45, 7) is 6.00. The summed E-state index contributed by atoms with van der Waals surface area (Å²) in [4.78, 5) is 13.7. The molecule has 1 aliphatic heterocycles. The van der Waals surface area contributed by atoms with Crippen molar-refractivity contribution in [1.29, 1.82) is 0 Å². The zero-order valence-corrected chi connectivity index (χ0v) is 12.1. The van der Waals surface area contributed by atoms with Gasteiger partial charge < -0.3 is 10.6 Å². The van der Waals surface area contributed by atoms with Crippen LogP contribution in [-0.2, 0) is 0 Å². The van der Waals surface area contributed by atoms with Crippen molar-refractivity contribution < 1.29 is 0 Å². The van der Waals surface area contributed by atoms with Crippen molar-refractivity contribution in [3.8, 4) is 0 Å². The molecule has 2 heterocycles. The number of hydrogen-bond acceptors (Lipinski definition) is 5. The lowest BCUT2D eigenvalue weighted by molar-refractivity contribution is 0.219. The average Bonchev–Trinajstić information content (AvgIpc) is 2.46. The Balaban J connectivity index is 1.93. The number of anilines is 1. The van der Waals surface area contributed by atoms with Gasteiger partial charge in [-0.25, -0.2) is 4.98 Å². The smallest absolute Gasteiger partial charge is 0.147 e. The van der Waals surface area contributed by atoms with Crippen LogP contribution >= 0.6 is 12.2 Å². The van der Waals surface area contributed by atoms with Crippen molar-refractivity contribution in [1.82, 2.24) is 14.9 Å². The van der Waals surface area contributed by atoms with E-state index in [1.54, 1.807) is 12.4 Å². The molecular weight excluding hydrogens is 258 g/mol. The first-order valence-electron chi connectivity index (χ1n) is 6.76. The van der Waals surface area contributed by atoms with E-state index in [1.165, 1.54) is 0 Å². The van der Waals surface area contributed by atoms with Gasteiger partial charge >= 0.3 is 0 Å². The number of nitrogens with two attached hydrogens (primary N) is 1. The highest BCUT2D eigenvalue weighted by atomic mass is 32.1. The van der Waals surface area contributed by atoms with Crippen LogP contribution in [0.4, 0.5) is 5.82 Å². The van der Waals surface area contributed by atoms with E-state index in [4.69, 9.17) is 18.0 Å². The Hall–Kier alpha value is -1.27. The standard InChI is InChI=1S/C13H21N5S/c1-2-3-11(13(14)19)17-6-8-18(9-7-17)12-10-15-4-5-16-12/h4-5,10-11H,2-3,6-9H2,1H3,(H2,14,19). The van der Waals surface area contributed by atoms with Crippen LogP contribution in [0.3, 0.4) is 0 Å². The number of aromatic nitrogens is 2. The molecule has 0 spiro atoms. The molecule has 1 aliphatic rings. The average molecular weight is 279 g/mol. The number of hydrogen-bond donors (Lipinski definition) is 1. The highest BCUT2D eigenvalue weighted by molar-refractivity contribution is 7.80. The molecule has 0 saturated carbocycles. The maximum absolute atomic E-state index is 5.85. The van der Waals surface area contributed by atoms with E-state index in [0.29, 0.717) is 4.99 Å². The lowest BCUT2D eigenvalue weighted by Crippen LogP contribution is -2.54. The van der Waals surface area contributed by atoms with Crippen LogP contribution in [-0.4, -0.2) is 52.1 Å². The molecule has 1 saturated heterocycles. The predicted octanol–water partition coefficient (Wildman–Crippen LogP) is 1.05. The van der Waals surface area contributed by atoms with Gasteiger partial charge in [0.05, 0.1) is 17.2 Å². The third kappa shape index (κ3) is 3.61. The van der Waals surface area contributed by atoms with Crippen LogP contribution in [0.15, 0.2) is 18.6 Å². The van der Waals surface area contributed by atoms with Crippen molar-refractivity contribution in [3.05, 3.63) is 18.6 Å². The van der Waals surface area contributed by atoms with Crippen LogP contribution in [0.25, 0.3) is 0 Å². The van der Waals surface area contributed by atoms with Crippen molar-refractivity contribution in [3.63, 3.8) is 0 Å². The molecule has 5 nitrogen and oxygen atoms in total. The van der Waals surface area contributed by atoms with Gasteiger partial charge in [0.15, 0.2) is 0 Å². The van der Waals surface area contributed by atoms with E-state index in [2.05, 4.69) is 26.7 Å². The molecule has 1 aromatic heterocycles. The fraction of sp³-hybridized carbons (Fsp3) is 0.615. The van der Waals surface area contributed by atoms with Gasteiger partial charge in [-0.1, -0.05) is 25.6 Å². The van der Waals surface area contributed by atoms with Crippen LogP contribution < -0.4 is 10.6 Å². The van der Waals surface area contributed by atoms with Gasteiger partial charge in [0.2, 0.25) is 0 Å². The zero-order chi connectivity index (χ0) is 13.7. The van der Waals surface area contributed by atoms with Gasteiger partial charge in [-0.15, -0.1) is 0 Å². The molecule has 0 aliphatic carbocycles. The Kier molecular flexibility index (Phi) is 5.04. The monoisotopic (exact) mass is 279 g/mol. The molecule has 0 amide bonds. The van der Waals surface area contributed by atoms with Gasteiger partial charge in [0, 0.05) is 38.6 Å². The molecule has 1 fully saturated rings. The second kappa shape index (κ2) is 6.77. The first-order chi connectivity index (χ1) is 9.22. The summed E-state index contributed by atoms with van der Waals surface area (Å²) in [7, 11) is 0. The zero-order valence-electron chi connectivity index (χ0n) is 11.3. The van der Waals surface area contributed by atoms with Crippen LogP contribution in [0.2, 0.25) is 0 Å². The molecule has 1 aromatic rings. The summed E-state index contributed by atoms with van der Waals surface area (Å²) in [6, 6.07) is 0.240. The Bertz CT molecular complexity index is 403. The molecule has 2 N–H and O–H groups in total. The first kappa shape index (κ1) is 14.1. The first-order valence-corrected chi connectivity index (χ1v) is 7.17. The minimum atomic E-state index is 0.240. The molecule has 19 heavy (non-hydrogen) atoms. The molecule has 0 radical (unpaired) electrons. The summed E-state index contributed by atoms with van der Waals surface area (Å²) in [5, 5.41) is 0. The topological polar surface area (TPSA) is 58.3 Å². The van der Waals surface area contributed by atoms with E-state index in [-0.39, 0.29) is 6.04 Å². The van der Waals surface area contributed by atoms with E-state index in [1.807, 2.05) is 6.20 Å². The van der Waals surface area contributed by atoms with Crippen molar-refractivity contribution in [2.75, 3.05) is 31.1 Å². The van der Waals surface area contributed by atoms with Crippen molar-refractivity contribution >= 4 is 23.0 Å². The maximum atomic E-state index is 5.85. The summed E-state index contributed by atoms with van der Waals surface area (Å²) >= 11 is 5.19. The predicted molar refractivity (Wildman–Crippen MR) is 81.3 cm³/mol. The fourth-order valence-corrected chi connectivity index (χ4v) is 2.76. The summed E-state index contributed by atoms with van der Waals surface area (Å²) in [5.41, 5.74) is 5.85. The molecule has 2 rings (SSSR count). The van der Waals surface area contributed by atoms with Gasteiger partial charge in [-0.05, 0) is 6.42 Å². The molecular formula is C13H21N5S. The Morgan fingerprint density at radius 3 is 2.63 bits per heavy atom. The van der Waals surface area contributed by atoms with E-state index >= 15 is 0 Å². The second-order valence-corrected chi connectivity index (χ2v) is 5.26. The highest BCUT2D eigenvalue weighted by Crippen LogP contribution is 2.15. The Morgan fingerprint density at radius 2 is 2.11 bits per heavy atom. The Labute approximate surface area is 119 Å². The number of thiocarbonyl (C=S) groups is 1. The quantitative estimate of drug-likeness (QED) is 0.813. The molecule has 6 heteroatoms. The third-order valence-electron chi connectivity index (χ3n) is 3.52. The minimum Gasteiger partial charge on any atom is -0.392 e. The molecule has 104 valence electrons. The third-order valence-corrected chi connectivity index (χ3v) is 3.79. The summed E-state index contributed by atoms with van der Waals surface area (Å²) < 4.78 is 0. The summed E-state index contributed by atoms with van der Waals surface area (Å²) in [6.07, 6.45) is 7.39. The van der Waals surface area contributed by atoms with E-state index in [0.717, 1.165) is 44.8 Å². The van der Waals surface area contributed by atoms with Crippen molar-refractivity contribution in [2.24, 2.45) is 5.73 Å². The lowest BCUT2D eigenvalue weighted by atomic mass is 10.1. The fourth-order valence-electron chi connectivity index (χ4n) is 2.50. The highest BCUT2D eigenvalue weighted by Gasteiger charge is 2.25. The molecule has 1 atom stereocenters.